The first kappa shape index (κ1) is 19.6. The molecule has 0 aromatic heterocycles. The van der Waals surface area contributed by atoms with Crippen molar-refractivity contribution in [3.63, 3.8) is 0 Å². The molecule has 0 saturated heterocycles. The molecule has 0 aliphatic heterocycles. The van der Waals surface area contributed by atoms with Crippen LogP contribution in [-0.2, 0) is 14.3 Å². The van der Waals surface area contributed by atoms with Crippen molar-refractivity contribution in [1.29, 1.82) is 0 Å². The number of anilines is 2. The number of esters is 1. The number of primary amides is 1. The number of hydrogen-bond acceptors (Lipinski definition) is 5. The number of amides is 3. The van der Waals surface area contributed by atoms with Crippen molar-refractivity contribution >= 4 is 35.1 Å². The summed E-state index contributed by atoms with van der Waals surface area (Å²) in [5.74, 6) is -1.99. The Bertz CT molecular complexity index is 860. The van der Waals surface area contributed by atoms with Crippen LogP contribution in [0.25, 0.3) is 0 Å². The Morgan fingerprint density at radius 3 is 1.81 bits per heavy atom. The van der Waals surface area contributed by atoms with Crippen LogP contribution in [0, 0.1) is 0 Å². The van der Waals surface area contributed by atoms with Crippen LogP contribution in [0.5, 0.6) is 0 Å². The summed E-state index contributed by atoms with van der Waals surface area (Å²) in [7, 11) is 0. The summed E-state index contributed by atoms with van der Waals surface area (Å²) >= 11 is 0. The molecule has 4 N–H and O–H groups in total. The zero-order valence-corrected chi connectivity index (χ0v) is 14.8. The number of hydrogen-bond donors (Lipinski definition) is 3. The zero-order valence-electron chi connectivity index (χ0n) is 14.8. The largest absolute Gasteiger partial charge is 0.449 e. The van der Waals surface area contributed by atoms with Gasteiger partial charge in [0.1, 0.15) is 0 Å². The van der Waals surface area contributed by atoms with Crippen LogP contribution in [0.15, 0.2) is 48.5 Å². The first-order chi connectivity index (χ1) is 12.8. The summed E-state index contributed by atoms with van der Waals surface area (Å²) < 4.78 is 5.14. The van der Waals surface area contributed by atoms with Gasteiger partial charge in [-0.05, 0) is 55.5 Å². The van der Waals surface area contributed by atoms with Crippen molar-refractivity contribution < 1.29 is 23.9 Å². The highest BCUT2D eigenvalue weighted by atomic mass is 16.5. The Hall–Kier alpha value is -3.68. The number of carbonyl (C=O) groups excluding carboxylic acids is 4. The highest BCUT2D eigenvalue weighted by Gasteiger charge is 2.19. The third-order valence-electron chi connectivity index (χ3n) is 3.53. The fourth-order valence-corrected chi connectivity index (χ4v) is 2.14. The van der Waals surface area contributed by atoms with Crippen LogP contribution in [0.2, 0.25) is 0 Å². The van der Waals surface area contributed by atoms with Gasteiger partial charge in [-0.2, -0.15) is 0 Å². The average Bonchev–Trinajstić information content (AvgIpc) is 2.62. The maximum absolute atomic E-state index is 12.1. The van der Waals surface area contributed by atoms with Gasteiger partial charge in [0.2, 0.25) is 11.8 Å². The number of benzene rings is 2. The van der Waals surface area contributed by atoms with Crippen molar-refractivity contribution in [2.75, 3.05) is 10.6 Å². The number of carbonyl (C=O) groups is 4. The smallest absolute Gasteiger partial charge is 0.338 e. The Balaban J connectivity index is 1.93. The highest BCUT2D eigenvalue weighted by molar-refractivity contribution is 5.98. The van der Waals surface area contributed by atoms with Gasteiger partial charge in [-0.15, -0.1) is 0 Å². The van der Waals surface area contributed by atoms with Gasteiger partial charge < -0.3 is 21.1 Å². The van der Waals surface area contributed by atoms with Gasteiger partial charge >= 0.3 is 5.97 Å². The predicted molar refractivity (Wildman–Crippen MR) is 99.2 cm³/mol. The Morgan fingerprint density at radius 1 is 0.852 bits per heavy atom. The first-order valence-corrected chi connectivity index (χ1v) is 8.05. The third kappa shape index (κ3) is 5.67. The molecule has 0 aliphatic rings. The van der Waals surface area contributed by atoms with E-state index >= 15 is 0 Å². The van der Waals surface area contributed by atoms with Gasteiger partial charge in [0, 0.05) is 23.9 Å². The lowest BCUT2D eigenvalue weighted by Gasteiger charge is -2.14. The first-order valence-electron chi connectivity index (χ1n) is 8.05. The van der Waals surface area contributed by atoms with E-state index in [9.17, 15) is 19.2 Å². The van der Waals surface area contributed by atoms with Crippen molar-refractivity contribution in [2.24, 2.45) is 5.73 Å². The standard InChI is InChI=1S/C19H19N3O5/c1-11(18(25)22-16-7-3-13(4-8-16)17(20)24)27-19(26)14-5-9-15(10-6-14)21-12(2)23/h3-11H,1-2H3,(H2,20,24)(H,21,23)(H,22,25). The molecule has 0 radical (unpaired) electrons. The summed E-state index contributed by atoms with van der Waals surface area (Å²) in [5.41, 5.74) is 6.70. The molecule has 2 rings (SSSR count). The maximum Gasteiger partial charge on any atom is 0.338 e. The highest BCUT2D eigenvalue weighted by Crippen LogP contribution is 2.13. The predicted octanol–water partition coefficient (Wildman–Crippen LogP) is 1.93. The lowest BCUT2D eigenvalue weighted by atomic mass is 10.2. The van der Waals surface area contributed by atoms with E-state index < -0.39 is 23.9 Å². The molecule has 0 fully saturated rings. The Kier molecular flexibility index (Phi) is 6.27. The molecule has 8 heteroatoms. The van der Waals surface area contributed by atoms with Crippen LogP contribution in [0.4, 0.5) is 11.4 Å². The minimum atomic E-state index is -1.04. The fourth-order valence-electron chi connectivity index (χ4n) is 2.14. The summed E-state index contributed by atoms with van der Waals surface area (Å²) in [6.07, 6.45) is -1.04. The van der Waals surface area contributed by atoms with Gasteiger partial charge in [0.15, 0.2) is 6.10 Å². The molecular formula is C19H19N3O5. The number of rotatable bonds is 6. The lowest BCUT2D eigenvalue weighted by Crippen LogP contribution is -2.30. The molecule has 0 bridgehead atoms. The molecule has 0 aliphatic carbocycles. The Labute approximate surface area is 155 Å². The lowest BCUT2D eigenvalue weighted by molar-refractivity contribution is -0.123. The van der Waals surface area contributed by atoms with Gasteiger partial charge in [0.05, 0.1) is 5.56 Å². The molecule has 1 atom stereocenters. The molecular weight excluding hydrogens is 350 g/mol. The molecule has 8 nitrogen and oxygen atoms in total. The zero-order chi connectivity index (χ0) is 20.0. The van der Waals surface area contributed by atoms with Gasteiger partial charge in [-0.1, -0.05) is 0 Å². The number of nitrogens with two attached hydrogens (primary N) is 1. The van der Waals surface area contributed by atoms with E-state index in [4.69, 9.17) is 10.5 Å². The molecule has 1 unspecified atom stereocenters. The van der Waals surface area contributed by atoms with Crippen LogP contribution in [0.1, 0.15) is 34.6 Å². The number of ether oxygens (including phenoxy) is 1. The summed E-state index contributed by atoms with van der Waals surface area (Å²) in [6, 6.07) is 12.1. The van der Waals surface area contributed by atoms with E-state index in [-0.39, 0.29) is 11.5 Å². The molecule has 2 aromatic carbocycles. The summed E-state index contributed by atoms with van der Waals surface area (Å²) in [4.78, 5) is 46.3. The maximum atomic E-state index is 12.1. The van der Waals surface area contributed by atoms with Gasteiger partial charge in [-0.3, -0.25) is 14.4 Å². The second-order valence-corrected chi connectivity index (χ2v) is 5.74. The quantitative estimate of drug-likeness (QED) is 0.670. The van der Waals surface area contributed by atoms with Crippen molar-refractivity contribution in [2.45, 2.75) is 20.0 Å². The van der Waals surface area contributed by atoms with Crippen LogP contribution >= 0.6 is 0 Å². The normalized spacial score (nSPS) is 11.2. The van der Waals surface area contributed by atoms with Gasteiger partial charge in [0.25, 0.3) is 5.91 Å². The van der Waals surface area contributed by atoms with Crippen molar-refractivity contribution in [1.82, 2.24) is 0 Å². The average molecular weight is 369 g/mol. The Morgan fingerprint density at radius 2 is 1.33 bits per heavy atom. The number of nitrogens with one attached hydrogen (secondary N) is 2. The molecule has 0 heterocycles. The van der Waals surface area contributed by atoms with Crippen LogP contribution in [0.3, 0.4) is 0 Å². The molecule has 2 aromatic rings. The minimum Gasteiger partial charge on any atom is -0.449 e. The minimum absolute atomic E-state index is 0.223. The van der Waals surface area contributed by atoms with Crippen molar-refractivity contribution in [3.05, 3.63) is 59.7 Å². The topological polar surface area (TPSA) is 128 Å². The third-order valence-corrected chi connectivity index (χ3v) is 3.53. The molecule has 0 saturated carbocycles. The fraction of sp³-hybridized carbons (Fsp3) is 0.158. The second kappa shape index (κ2) is 8.61. The summed E-state index contributed by atoms with van der Waals surface area (Å²) in [5, 5.41) is 5.16. The van der Waals surface area contributed by atoms with Crippen LogP contribution in [-0.4, -0.2) is 29.8 Å². The van der Waals surface area contributed by atoms with E-state index in [2.05, 4.69) is 10.6 Å². The van der Waals surface area contributed by atoms with Crippen molar-refractivity contribution in [3.8, 4) is 0 Å². The van der Waals surface area contributed by atoms with E-state index in [1.807, 2.05) is 0 Å². The SMILES string of the molecule is CC(=O)Nc1ccc(C(=O)OC(C)C(=O)Nc2ccc(C(N)=O)cc2)cc1. The van der Waals surface area contributed by atoms with Gasteiger partial charge in [-0.25, -0.2) is 4.79 Å². The second-order valence-electron chi connectivity index (χ2n) is 5.74. The van der Waals surface area contributed by atoms with E-state index in [0.29, 0.717) is 16.9 Å². The monoisotopic (exact) mass is 369 g/mol. The van der Waals surface area contributed by atoms with E-state index in [1.54, 1.807) is 12.1 Å². The molecule has 0 spiro atoms. The van der Waals surface area contributed by atoms with Crippen LogP contribution < -0.4 is 16.4 Å². The molecule has 3 amide bonds. The molecule has 140 valence electrons. The molecule has 27 heavy (non-hydrogen) atoms. The van der Waals surface area contributed by atoms with E-state index in [0.717, 1.165) is 0 Å². The van der Waals surface area contributed by atoms with E-state index in [1.165, 1.54) is 50.2 Å². The summed E-state index contributed by atoms with van der Waals surface area (Å²) in [6.45, 7) is 2.82.